The number of pyridine rings is 1. The smallest absolute Gasteiger partial charge is 0.129 e. The van der Waals surface area contributed by atoms with Gasteiger partial charge in [0.2, 0.25) is 0 Å². The van der Waals surface area contributed by atoms with E-state index < -0.39 is 0 Å². The Morgan fingerprint density at radius 3 is 2.79 bits per heavy atom. The highest BCUT2D eigenvalue weighted by Crippen LogP contribution is 2.30. The molecule has 1 aromatic carbocycles. The Morgan fingerprint density at radius 1 is 1.37 bits per heavy atom. The van der Waals surface area contributed by atoms with E-state index in [9.17, 15) is 4.39 Å². The summed E-state index contributed by atoms with van der Waals surface area (Å²) in [4.78, 5) is 4.17. The van der Waals surface area contributed by atoms with Gasteiger partial charge in [-0.15, -0.1) is 0 Å². The van der Waals surface area contributed by atoms with Gasteiger partial charge in [0.25, 0.3) is 0 Å². The minimum atomic E-state index is -0.306. The van der Waals surface area contributed by atoms with Crippen LogP contribution in [0, 0.1) is 12.7 Å². The SMILES string of the molecule is CCNC(c1cncc(C)c1)c1c(F)cccc1Cl. The summed E-state index contributed by atoms with van der Waals surface area (Å²) in [6.45, 7) is 4.65. The number of aromatic nitrogens is 1. The van der Waals surface area contributed by atoms with E-state index >= 15 is 0 Å². The quantitative estimate of drug-likeness (QED) is 0.918. The van der Waals surface area contributed by atoms with Crippen LogP contribution in [0.4, 0.5) is 4.39 Å². The Balaban J connectivity index is 2.51. The topological polar surface area (TPSA) is 24.9 Å². The van der Waals surface area contributed by atoms with Crippen LogP contribution in [-0.2, 0) is 0 Å². The first-order chi connectivity index (χ1) is 9.13. The van der Waals surface area contributed by atoms with Gasteiger partial charge in [0.05, 0.1) is 6.04 Å². The van der Waals surface area contributed by atoms with Crippen LogP contribution in [0.5, 0.6) is 0 Å². The molecule has 0 aliphatic carbocycles. The van der Waals surface area contributed by atoms with Gasteiger partial charge in [0, 0.05) is 23.0 Å². The number of rotatable bonds is 4. The summed E-state index contributed by atoms with van der Waals surface area (Å²) in [5.74, 6) is -0.306. The molecule has 1 atom stereocenters. The molecule has 2 aromatic rings. The molecule has 0 saturated heterocycles. The first-order valence-corrected chi connectivity index (χ1v) is 6.60. The number of nitrogens with one attached hydrogen (secondary N) is 1. The fourth-order valence-electron chi connectivity index (χ4n) is 2.11. The molecule has 0 fully saturated rings. The van der Waals surface area contributed by atoms with Crippen LogP contribution >= 0.6 is 11.6 Å². The highest BCUT2D eigenvalue weighted by atomic mass is 35.5. The molecule has 0 amide bonds. The van der Waals surface area contributed by atoms with E-state index in [1.807, 2.05) is 19.9 Å². The lowest BCUT2D eigenvalue weighted by molar-refractivity contribution is 0.558. The maximum absolute atomic E-state index is 14.1. The second kappa shape index (κ2) is 6.13. The zero-order valence-corrected chi connectivity index (χ0v) is 11.7. The van der Waals surface area contributed by atoms with Crippen LogP contribution < -0.4 is 5.32 Å². The van der Waals surface area contributed by atoms with Crippen molar-refractivity contribution in [2.75, 3.05) is 6.54 Å². The van der Waals surface area contributed by atoms with Gasteiger partial charge in [-0.25, -0.2) is 4.39 Å². The van der Waals surface area contributed by atoms with Crippen molar-refractivity contribution >= 4 is 11.6 Å². The number of hydrogen-bond acceptors (Lipinski definition) is 2. The van der Waals surface area contributed by atoms with Crippen molar-refractivity contribution in [1.82, 2.24) is 10.3 Å². The molecule has 100 valence electrons. The molecule has 1 unspecified atom stereocenters. The van der Waals surface area contributed by atoms with Crippen LogP contribution in [0.1, 0.15) is 29.7 Å². The lowest BCUT2D eigenvalue weighted by Crippen LogP contribution is -2.23. The van der Waals surface area contributed by atoms with E-state index in [2.05, 4.69) is 10.3 Å². The molecule has 2 rings (SSSR count). The number of nitrogens with zero attached hydrogens (tertiary/aromatic N) is 1. The molecule has 1 N–H and O–H groups in total. The summed E-state index contributed by atoms with van der Waals surface area (Å²) in [5.41, 5.74) is 2.42. The van der Waals surface area contributed by atoms with Gasteiger partial charge in [-0.2, -0.15) is 0 Å². The van der Waals surface area contributed by atoms with Crippen molar-refractivity contribution in [1.29, 1.82) is 0 Å². The Labute approximate surface area is 117 Å². The zero-order valence-electron chi connectivity index (χ0n) is 11.0. The first-order valence-electron chi connectivity index (χ1n) is 6.22. The summed E-state index contributed by atoms with van der Waals surface area (Å²) in [5, 5.41) is 3.68. The lowest BCUT2D eigenvalue weighted by atomic mass is 9.98. The molecule has 0 bridgehead atoms. The summed E-state index contributed by atoms with van der Waals surface area (Å²) < 4.78 is 14.1. The molecular weight excluding hydrogens is 263 g/mol. The van der Waals surface area contributed by atoms with Crippen LogP contribution in [0.2, 0.25) is 5.02 Å². The predicted molar refractivity (Wildman–Crippen MR) is 75.9 cm³/mol. The second-order valence-electron chi connectivity index (χ2n) is 4.42. The minimum Gasteiger partial charge on any atom is -0.306 e. The predicted octanol–water partition coefficient (Wildman–Crippen LogP) is 3.88. The maximum atomic E-state index is 14.1. The Kier molecular flexibility index (Phi) is 4.51. The molecule has 0 aliphatic rings. The second-order valence-corrected chi connectivity index (χ2v) is 4.83. The number of aryl methyl sites for hydroxylation is 1. The highest BCUT2D eigenvalue weighted by molar-refractivity contribution is 6.31. The summed E-state index contributed by atoms with van der Waals surface area (Å²) >= 11 is 6.15. The van der Waals surface area contributed by atoms with Gasteiger partial charge >= 0.3 is 0 Å². The van der Waals surface area contributed by atoms with Gasteiger partial charge in [-0.3, -0.25) is 4.98 Å². The maximum Gasteiger partial charge on any atom is 0.129 e. The minimum absolute atomic E-state index is 0.286. The largest absolute Gasteiger partial charge is 0.306 e. The zero-order chi connectivity index (χ0) is 13.8. The van der Waals surface area contributed by atoms with Crippen molar-refractivity contribution in [2.45, 2.75) is 19.9 Å². The highest BCUT2D eigenvalue weighted by Gasteiger charge is 2.20. The van der Waals surface area contributed by atoms with E-state index in [1.165, 1.54) is 6.07 Å². The van der Waals surface area contributed by atoms with Crippen molar-refractivity contribution in [3.63, 3.8) is 0 Å². The molecule has 19 heavy (non-hydrogen) atoms. The molecule has 0 radical (unpaired) electrons. The van der Waals surface area contributed by atoms with E-state index in [-0.39, 0.29) is 11.9 Å². The molecule has 1 heterocycles. The Morgan fingerprint density at radius 2 is 2.16 bits per heavy atom. The number of benzene rings is 1. The molecular formula is C15H16ClFN2. The standard InChI is InChI=1S/C15H16ClFN2/c1-3-19-15(11-7-10(2)8-18-9-11)14-12(16)5-4-6-13(14)17/h4-9,15,19H,3H2,1-2H3. The third-order valence-corrected chi connectivity index (χ3v) is 3.26. The first kappa shape index (κ1) is 14.0. The molecule has 4 heteroatoms. The molecule has 0 spiro atoms. The third kappa shape index (κ3) is 3.11. The monoisotopic (exact) mass is 278 g/mol. The fraction of sp³-hybridized carbons (Fsp3) is 0.267. The van der Waals surface area contributed by atoms with Crippen LogP contribution in [0.15, 0.2) is 36.7 Å². The molecule has 0 aliphatic heterocycles. The molecule has 2 nitrogen and oxygen atoms in total. The summed E-state index contributed by atoms with van der Waals surface area (Å²) in [6, 6.07) is 6.44. The van der Waals surface area contributed by atoms with E-state index in [0.29, 0.717) is 17.1 Å². The van der Waals surface area contributed by atoms with E-state index in [0.717, 1.165) is 11.1 Å². The normalized spacial score (nSPS) is 12.4. The molecule has 1 aromatic heterocycles. The van der Waals surface area contributed by atoms with Gasteiger partial charge in [0.15, 0.2) is 0 Å². The van der Waals surface area contributed by atoms with Gasteiger partial charge in [0.1, 0.15) is 5.82 Å². The van der Waals surface area contributed by atoms with E-state index in [1.54, 1.807) is 24.5 Å². The lowest BCUT2D eigenvalue weighted by Gasteiger charge is -2.20. The summed E-state index contributed by atoms with van der Waals surface area (Å²) in [6.07, 6.45) is 3.51. The van der Waals surface area contributed by atoms with Gasteiger partial charge < -0.3 is 5.32 Å². The van der Waals surface area contributed by atoms with Crippen molar-refractivity contribution in [3.8, 4) is 0 Å². The van der Waals surface area contributed by atoms with Gasteiger partial charge in [-0.1, -0.05) is 30.7 Å². The van der Waals surface area contributed by atoms with E-state index in [4.69, 9.17) is 11.6 Å². The number of hydrogen-bond donors (Lipinski definition) is 1. The average Bonchev–Trinajstić information content (AvgIpc) is 2.37. The molecule has 0 saturated carbocycles. The van der Waals surface area contributed by atoms with Crippen LogP contribution in [0.25, 0.3) is 0 Å². The van der Waals surface area contributed by atoms with Crippen molar-refractivity contribution in [3.05, 3.63) is 64.2 Å². The van der Waals surface area contributed by atoms with Crippen molar-refractivity contribution < 1.29 is 4.39 Å². The number of halogens is 2. The Hall–Kier alpha value is -1.45. The van der Waals surface area contributed by atoms with Gasteiger partial charge in [-0.05, 0) is 36.7 Å². The third-order valence-electron chi connectivity index (χ3n) is 2.93. The average molecular weight is 279 g/mol. The fourth-order valence-corrected chi connectivity index (χ4v) is 2.39. The van der Waals surface area contributed by atoms with Crippen LogP contribution in [0.3, 0.4) is 0 Å². The van der Waals surface area contributed by atoms with Crippen LogP contribution in [-0.4, -0.2) is 11.5 Å². The summed E-state index contributed by atoms with van der Waals surface area (Å²) in [7, 11) is 0. The Bertz CT molecular complexity index is 552. The van der Waals surface area contributed by atoms with Crippen molar-refractivity contribution in [2.24, 2.45) is 0 Å².